The van der Waals surface area contributed by atoms with Gasteiger partial charge in [0.2, 0.25) is 0 Å². The number of alkyl carbamates (subject to hydrolysis) is 1. The number of aromatic nitrogens is 2. The number of fused-ring (bicyclic) bond motifs is 1. The van der Waals surface area contributed by atoms with Crippen LogP contribution >= 0.6 is 11.6 Å². The molecule has 1 N–H and O–H groups in total. The van der Waals surface area contributed by atoms with Crippen molar-refractivity contribution < 1.29 is 18.3 Å². The second-order valence-electron chi connectivity index (χ2n) is 9.20. The summed E-state index contributed by atoms with van der Waals surface area (Å²) < 4.78 is 34.6. The fourth-order valence-corrected chi connectivity index (χ4v) is 3.76. The van der Waals surface area contributed by atoms with E-state index in [1.54, 1.807) is 32.9 Å². The molecule has 2 aromatic carbocycles. The van der Waals surface area contributed by atoms with Gasteiger partial charge in [-0.1, -0.05) is 31.5 Å². The quantitative estimate of drug-likeness (QED) is 0.494. The van der Waals surface area contributed by atoms with Gasteiger partial charge in [0.1, 0.15) is 23.1 Å². The molecular weight excluding hydrogens is 452 g/mol. The van der Waals surface area contributed by atoms with Crippen molar-refractivity contribution in [3.05, 3.63) is 69.2 Å². The highest BCUT2D eigenvalue weighted by atomic mass is 35.5. The molecular formula is C24H26ClF2N3O3. The van der Waals surface area contributed by atoms with E-state index in [0.717, 1.165) is 16.7 Å². The third kappa shape index (κ3) is 5.87. The number of nitrogens with zero attached hydrogens (tertiary/aromatic N) is 2. The molecule has 0 fully saturated rings. The predicted molar refractivity (Wildman–Crippen MR) is 124 cm³/mol. The second kappa shape index (κ2) is 9.47. The third-order valence-electron chi connectivity index (χ3n) is 4.69. The van der Waals surface area contributed by atoms with Crippen LogP contribution in [0, 0.1) is 17.6 Å². The summed E-state index contributed by atoms with van der Waals surface area (Å²) in [5.74, 6) is -1.53. The topological polar surface area (TPSA) is 73.2 Å². The molecule has 6 nitrogen and oxygen atoms in total. The Balaban J connectivity index is 2.29. The van der Waals surface area contributed by atoms with Gasteiger partial charge in [-0.3, -0.25) is 9.36 Å². The van der Waals surface area contributed by atoms with Crippen molar-refractivity contribution in [1.82, 2.24) is 14.9 Å². The molecule has 0 bridgehead atoms. The zero-order chi connectivity index (χ0) is 24.5. The van der Waals surface area contributed by atoms with Crippen LogP contribution in [0.4, 0.5) is 13.6 Å². The Morgan fingerprint density at radius 1 is 1.18 bits per heavy atom. The van der Waals surface area contributed by atoms with Crippen LogP contribution in [0.2, 0.25) is 5.02 Å². The molecule has 0 aliphatic heterocycles. The highest BCUT2D eigenvalue weighted by molar-refractivity contribution is 6.35. The molecule has 1 heterocycles. The maximum Gasteiger partial charge on any atom is 0.408 e. The number of hydrogen-bond donors (Lipinski definition) is 1. The van der Waals surface area contributed by atoms with Crippen LogP contribution in [-0.2, 0) is 4.74 Å². The normalized spacial score (nSPS) is 12.8. The lowest BCUT2D eigenvalue weighted by Gasteiger charge is -2.26. The number of rotatable bonds is 5. The van der Waals surface area contributed by atoms with Gasteiger partial charge in [0, 0.05) is 6.07 Å². The van der Waals surface area contributed by atoms with Gasteiger partial charge in [-0.2, -0.15) is 0 Å². The lowest BCUT2D eigenvalue weighted by atomic mass is 10.0. The molecule has 33 heavy (non-hydrogen) atoms. The molecule has 0 spiro atoms. The Bertz CT molecular complexity index is 1230. The number of amides is 1. The van der Waals surface area contributed by atoms with Crippen LogP contribution in [0.5, 0.6) is 0 Å². The first-order valence-electron chi connectivity index (χ1n) is 10.5. The molecule has 9 heteroatoms. The molecule has 3 rings (SSSR count). The number of halogens is 3. The molecule has 0 saturated carbocycles. The minimum Gasteiger partial charge on any atom is -0.444 e. The highest BCUT2D eigenvalue weighted by Gasteiger charge is 2.27. The van der Waals surface area contributed by atoms with Crippen LogP contribution in [0.15, 0.2) is 41.2 Å². The monoisotopic (exact) mass is 477 g/mol. The highest BCUT2D eigenvalue weighted by Crippen LogP contribution is 2.27. The summed E-state index contributed by atoms with van der Waals surface area (Å²) in [6, 6.07) is 6.76. The Morgan fingerprint density at radius 3 is 2.39 bits per heavy atom. The molecule has 1 aromatic heterocycles. The first-order chi connectivity index (χ1) is 15.4. The average Bonchev–Trinajstić information content (AvgIpc) is 2.64. The van der Waals surface area contributed by atoms with Crippen molar-refractivity contribution in [3.63, 3.8) is 0 Å². The lowest BCUT2D eigenvalue weighted by molar-refractivity contribution is 0.0494. The zero-order valence-electron chi connectivity index (χ0n) is 19.1. The molecule has 0 saturated heterocycles. The summed E-state index contributed by atoms with van der Waals surface area (Å²) in [7, 11) is 0. The van der Waals surface area contributed by atoms with Gasteiger partial charge in [-0.25, -0.2) is 18.6 Å². The van der Waals surface area contributed by atoms with E-state index < -0.39 is 34.9 Å². The maximum atomic E-state index is 14.1. The summed E-state index contributed by atoms with van der Waals surface area (Å²) >= 11 is 6.27. The first kappa shape index (κ1) is 24.6. The van der Waals surface area contributed by atoms with Crippen molar-refractivity contribution >= 4 is 28.6 Å². The van der Waals surface area contributed by atoms with Crippen molar-refractivity contribution in [1.29, 1.82) is 0 Å². The van der Waals surface area contributed by atoms with E-state index in [-0.39, 0.29) is 27.8 Å². The van der Waals surface area contributed by atoms with E-state index in [2.05, 4.69) is 10.3 Å². The summed E-state index contributed by atoms with van der Waals surface area (Å²) in [4.78, 5) is 30.7. The minimum atomic E-state index is -0.859. The summed E-state index contributed by atoms with van der Waals surface area (Å²) in [5.41, 5.74) is -1.12. The number of hydrogen-bond acceptors (Lipinski definition) is 4. The van der Waals surface area contributed by atoms with Gasteiger partial charge < -0.3 is 10.1 Å². The molecule has 0 aliphatic carbocycles. The van der Waals surface area contributed by atoms with Crippen LogP contribution in [-0.4, -0.2) is 21.2 Å². The standard InChI is InChI=1S/C24H26ClF2N3O3/c1-13(2)9-19(29-23(32)33-24(3,4)5)21-28-18-8-6-7-17(25)20(18)22(31)30(21)16-11-14(26)10-15(27)12-16/h6-8,10-13,19H,9H2,1-5H3,(H,29,32)/t19-/m0/s1. The number of carbonyl (C=O) groups excluding carboxylic acids is 1. The average molecular weight is 478 g/mol. The predicted octanol–water partition coefficient (Wildman–Crippen LogP) is 5.93. The van der Waals surface area contributed by atoms with Gasteiger partial charge in [0.25, 0.3) is 5.56 Å². The molecule has 0 radical (unpaired) electrons. The van der Waals surface area contributed by atoms with E-state index in [4.69, 9.17) is 16.3 Å². The SMILES string of the molecule is CC(C)C[C@H](NC(=O)OC(C)(C)C)c1nc2cccc(Cl)c2c(=O)n1-c1cc(F)cc(F)c1. The Labute approximate surface area is 195 Å². The Kier molecular flexibility index (Phi) is 7.07. The fraction of sp³-hybridized carbons (Fsp3) is 0.375. The van der Waals surface area contributed by atoms with Crippen LogP contribution < -0.4 is 10.9 Å². The largest absolute Gasteiger partial charge is 0.444 e. The van der Waals surface area contributed by atoms with E-state index in [9.17, 15) is 18.4 Å². The van der Waals surface area contributed by atoms with E-state index >= 15 is 0 Å². The zero-order valence-corrected chi connectivity index (χ0v) is 19.8. The summed E-state index contributed by atoms with van der Waals surface area (Å²) in [6.07, 6.45) is -0.319. The smallest absolute Gasteiger partial charge is 0.408 e. The number of nitrogens with one attached hydrogen (secondary N) is 1. The van der Waals surface area contributed by atoms with Crippen molar-refractivity contribution in [2.24, 2.45) is 5.92 Å². The van der Waals surface area contributed by atoms with Gasteiger partial charge in [-0.05, 0) is 57.4 Å². The molecule has 1 amide bonds. The van der Waals surface area contributed by atoms with E-state index in [1.165, 1.54) is 6.07 Å². The Morgan fingerprint density at radius 2 is 1.82 bits per heavy atom. The number of ether oxygens (including phenoxy) is 1. The maximum absolute atomic E-state index is 14.1. The van der Waals surface area contributed by atoms with E-state index in [0.29, 0.717) is 18.0 Å². The van der Waals surface area contributed by atoms with Crippen LogP contribution in [0.25, 0.3) is 16.6 Å². The van der Waals surface area contributed by atoms with Crippen molar-refractivity contribution in [2.45, 2.75) is 52.7 Å². The van der Waals surface area contributed by atoms with Gasteiger partial charge in [-0.15, -0.1) is 0 Å². The third-order valence-corrected chi connectivity index (χ3v) is 5.00. The second-order valence-corrected chi connectivity index (χ2v) is 9.61. The van der Waals surface area contributed by atoms with Gasteiger partial charge >= 0.3 is 6.09 Å². The molecule has 176 valence electrons. The number of carbonyl (C=O) groups is 1. The van der Waals surface area contributed by atoms with Crippen LogP contribution in [0.3, 0.4) is 0 Å². The Hall–Kier alpha value is -3.00. The summed E-state index contributed by atoms with van der Waals surface area (Å²) in [6.45, 7) is 9.06. The van der Waals surface area contributed by atoms with Crippen LogP contribution in [0.1, 0.15) is 52.9 Å². The number of benzene rings is 2. The van der Waals surface area contributed by atoms with Gasteiger partial charge in [0.05, 0.1) is 27.7 Å². The summed E-state index contributed by atoms with van der Waals surface area (Å²) in [5, 5.41) is 3.02. The first-order valence-corrected chi connectivity index (χ1v) is 10.9. The lowest BCUT2D eigenvalue weighted by Crippen LogP contribution is -2.38. The van der Waals surface area contributed by atoms with Crippen molar-refractivity contribution in [2.75, 3.05) is 0 Å². The van der Waals surface area contributed by atoms with E-state index in [1.807, 2.05) is 13.8 Å². The molecule has 0 unspecified atom stereocenters. The molecule has 1 atom stereocenters. The van der Waals surface area contributed by atoms with Gasteiger partial charge in [0.15, 0.2) is 0 Å². The molecule has 0 aliphatic rings. The van der Waals surface area contributed by atoms with Crippen molar-refractivity contribution in [3.8, 4) is 5.69 Å². The molecule has 3 aromatic rings. The fourth-order valence-electron chi connectivity index (χ4n) is 3.51. The minimum absolute atomic E-state index is 0.0680.